The molecular formula is C15H17BrN2O2S. The number of rotatable bonds is 5. The summed E-state index contributed by atoms with van der Waals surface area (Å²) < 4.78 is 0.757. The number of hydrogen-bond acceptors (Lipinski definition) is 4. The number of nitrogens with zero attached hydrogens (tertiary/aromatic N) is 1. The molecule has 0 aliphatic heterocycles. The number of nitrogens with one attached hydrogen (secondary N) is 1. The lowest BCUT2D eigenvalue weighted by atomic mass is 10.1. The first-order chi connectivity index (χ1) is 9.99. The van der Waals surface area contributed by atoms with Crippen molar-refractivity contribution in [1.29, 1.82) is 0 Å². The van der Waals surface area contributed by atoms with Crippen molar-refractivity contribution < 1.29 is 9.90 Å². The van der Waals surface area contributed by atoms with Gasteiger partial charge >= 0.3 is 0 Å². The van der Waals surface area contributed by atoms with Crippen molar-refractivity contribution in [2.24, 2.45) is 0 Å². The molecule has 2 rings (SSSR count). The Morgan fingerprint density at radius 3 is 2.81 bits per heavy atom. The van der Waals surface area contributed by atoms with Gasteiger partial charge in [0.05, 0.1) is 11.6 Å². The topological polar surface area (TPSA) is 52.6 Å². The number of halogens is 1. The molecule has 0 unspecified atom stereocenters. The summed E-state index contributed by atoms with van der Waals surface area (Å²) in [5, 5.41) is 16.8. The van der Waals surface area contributed by atoms with Crippen LogP contribution in [-0.4, -0.2) is 36.6 Å². The van der Waals surface area contributed by atoms with Crippen LogP contribution in [0.15, 0.2) is 39.5 Å². The summed E-state index contributed by atoms with van der Waals surface area (Å²) in [7, 11) is 3.95. The number of phenols is 1. The van der Waals surface area contributed by atoms with E-state index in [9.17, 15) is 9.90 Å². The summed E-state index contributed by atoms with van der Waals surface area (Å²) in [5.74, 6) is -0.302. The number of benzene rings is 1. The number of carbonyl (C=O) groups is 1. The highest BCUT2D eigenvalue weighted by Crippen LogP contribution is 2.23. The monoisotopic (exact) mass is 368 g/mol. The van der Waals surface area contributed by atoms with Crippen LogP contribution in [0.1, 0.15) is 22.0 Å². The van der Waals surface area contributed by atoms with E-state index in [1.807, 2.05) is 19.5 Å². The molecule has 1 atom stereocenters. The maximum Gasteiger partial charge on any atom is 0.255 e. The molecule has 0 fully saturated rings. The second-order valence-electron chi connectivity index (χ2n) is 4.91. The van der Waals surface area contributed by atoms with Crippen LogP contribution in [0.4, 0.5) is 0 Å². The van der Waals surface area contributed by atoms with Crippen LogP contribution < -0.4 is 5.32 Å². The average molecular weight is 369 g/mol. The maximum atomic E-state index is 12.2. The average Bonchev–Trinajstić information content (AvgIpc) is 2.95. The van der Waals surface area contributed by atoms with Gasteiger partial charge in [-0.25, -0.2) is 0 Å². The van der Waals surface area contributed by atoms with Crippen LogP contribution in [-0.2, 0) is 0 Å². The van der Waals surface area contributed by atoms with Crippen molar-refractivity contribution in [3.63, 3.8) is 0 Å². The minimum absolute atomic E-state index is 0.0207. The molecule has 0 radical (unpaired) electrons. The Balaban J connectivity index is 2.07. The van der Waals surface area contributed by atoms with Gasteiger partial charge in [-0.1, -0.05) is 15.9 Å². The molecule has 1 amide bonds. The molecule has 1 aromatic carbocycles. The third-order valence-corrected chi connectivity index (χ3v) is 4.41. The molecule has 0 aliphatic carbocycles. The van der Waals surface area contributed by atoms with Gasteiger partial charge in [-0.3, -0.25) is 4.79 Å². The SMILES string of the molecule is CN(C)[C@H](CNC(=O)c1cc(Br)ccc1O)c1ccsc1. The molecule has 0 bridgehead atoms. The Labute approximate surface area is 136 Å². The first-order valence-electron chi connectivity index (χ1n) is 6.44. The molecule has 0 saturated heterocycles. The van der Waals surface area contributed by atoms with Gasteiger partial charge in [-0.15, -0.1) is 0 Å². The summed E-state index contributed by atoms with van der Waals surface area (Å²) in [6.45, 7) is 0.481. The molecule has 0 saturated carbocycles. The largest absolute Gasteiger partial charge is 0.507 e. The fourth-order valence-corrected chi connectivity index (χ4v) is 3.11. The molecule has 2 aromatic rings. The normalized spacial score (nSPS) is 12.4. The lowest BCUT2D eigenvalue weighted by molar-refractivity contribution is 0.0939. The lowest BCUT2D eigenvalue weighted by Gasteiger charge is -2.24. The smallest absolute Gasteiger partial charge is 0.255 e. The van der Waals surface area contributed by atoms with Crippen molar-refractivity contribution in [2.45, 2.75) is 6.04 Å². The van der Waals surface area contributed by atoms with Gasteiger partial charge in [0.25, 0.3) is 5.91 Å². The summed E-state index contributed by atoms with van der Waals surface area (Å²) in [4.78, 5) is 14.3. The van der Waals surface area contributed by atoms with Crippen molar-refractivity contribution in [2.75, 3.05) is 20.6 Å². The van der Waals surface area contributed by atoms with Crippen LogP contribution >= 0.6 is 27.3 Å². The third kappa shape index (κ3) is 4.06. The molecular weight excluding hydrogens is 352 g/mol. The Morgan fingerprint density at radius 2 is 2.19 bits per heavy atom. The van der Waals surface area contributed by atoms with Crippen molar-refractivity contribution in [1.82, 2.24) is 10.2 Å². The highest BCUT2D eigenvalue weighted by Gasteiger charge is 2.17. The Morgan fingerprint density at radius 1 is 1.43 bits per heavy atom. The Kier molecular flexibility index (Phi) is 5.39. The predicted octanol–water partition coefficient (Wildman–Crippen LogP) is 3.25. The van der Waals surface area contributed by atoms with E-state index >= 15 is 0 Å². The zero-order chi connectivity index (χ0) is 15.4. The number of hydrogen-bond donors (Lipinski definition) is 2. The zero-order valence-corrected chi connectivity index (χ0v) is 14.2. The minimum atomic E-state index is -0.282. The quantitative estimate of drug-likeness (QED) is 0.851. The second kappa shape index (κ2) is 7.06. The van der Waals surface area contributed by atoms with Crippen molar-refractivity contribution >= 4 is 33.2 Å². The predicted molar refractivity (Wildman–Crippen MR) is 88.9 cm³/mol. The Hall–Kier alpha value is -1.37. The fraction of sp³-hybridized carbons (Fsp3) is 0.267. The molecule has 0 aliphatic rings. The number of thiophene rings is 1. The van der Waals surface area contributed by atoms with Gasteiger partial charge in [-0.2, -0.15) is 11.3 Å². The van der Waals surface area contributed by atoms with E-state index in [4.69, 9.17) is 0 Å². The van der Waals surface area contributed by atoms with Gasteiger partial charge in [0, 0.05) is 11.0 Å². The van der Waals surface area contributed by atoms with Gasteiger partial charge in [-0.05, 0) is 54.7 Å². The zero-order valence-electron chi connectivity index (χ0n) is 11.8. The van der Waals surface area contributed by atoms with Gasteiger partial charge < -0.3 is 15.3 Å². The molecule has 21 heavy (non-hydrogen) atoms. The fourth-order valence-electron chi connectivity index (χ4n) is 2.04. The van der Waals surface area contributed by atoms with Gasteiger partial charge in [0.15, 0.2) is 0 Å². The lowest BCUT2D eigenvalue weighted by Crippen LogP contribution is -2.34. The number of phenolic OH excluding ortho intramolecular Hbond substituents is 1. The molecule has 2 N–H and O–H groups in total. The summed E-state index contributed by atoms with van der Waals surface area (Å²) in [6, 6.07) is 6.97. The first kappa shape index (κ1) is 16.0. The number of amides is 1. The van der Waals surface area contributed by atoms with Crippen LogP contribution in [0.3, 0.4) is 0 Å². The van der Waals surface area contributed by atoms with E-state index in [2.05, 4.69) is 37.6 Å². The molecule has 1 aromatic heterocycles. The second-order valence-corrected chi connectivity index (χ2v) is 6.60. The van der Waals surface area contributed by atoms with Gasteiger partial charge in [0.1, 0.15) is 5.75 Å². The number of aromatic hydroxyl groups is 1. The number of likely N-dealkylation sites (N-methyl/N-ethyl adjacent to an activating group) is 1. The van der Waals surface area contributed by atoms with E-state index in [0.717, 1.165) is 4.47 Å². The van der Waals surface area contributed by atoms with Gasteiger partial charge in [0.2, 0.25) is 0 Å². The molecule has 0 spiro atoms. The van der Waals surface area contributed by atoms with Crippen molar-refractivity contribution in [3.05, 3.63) is 50.6 Å². The standard InChI is InChI=1S/C15H17BrN2O2S/c1-18(2)13(10-5-6-21-9-10)8-17-15(20)12-7-11(16)3-4-14(12)19/h3-7,9,13,19H,8H2,1-2H3,(H,17,20)/t13-/m1/s1. The van der Waals surface area contributed by atoms with Crippen molar-refractivity contribution in [3.8, 4) is 5.75 Å². The maximum absolute atomic E-state index is 12.2. The molecule has 4 nitrogen and oxygen atoms in total. The molecule has 1 heterocycles. The Bertz CT molecular complexity index is 614. The van der Waals surface area contributed by atoms with E-state index in [-0.39, 0.29) is 23.3 Å². The van der Waals surface area contributed by atoms with Crippen LogP contribution in [0.2, 0.25) is 0 Å². The summed E-state index contributed by atoms with van der Waals surface area (Å²) >= 11 is 4.94. The third-order valence-electron chi connectivity index (χ3n) is 3.21. The highest BCUT2D eigenvalue weighted by molar-refractivity contribution is 9.10. The van der Waals surface area contributed by atoms with Crippen LogP contribution in [0.25, 0.3) is 0 Å². The van der Waals surface area contributed by atoms with Crippen LogP contribution in [0, 0.1) is 0 Å². The van der Waals surface area contributed by atoms with E-state index in [1.165, 1.54) is 11.6 Å². The summed E-state index contributed by atoms with van der Waals surface area (Å²) in [5.41, 5.74) is 1.44. The van der Waals surface area contributed by atoms with Crippen LogP contribution in [0.5, 0.6) is 5.75 Å². The molecule has 6 heteroatoms. The minimum Gasteiger partial charge on any atom is -0.507 e. The highest BCUT2D eigenvalue weighted by atomic mass is 79.9. The molecule has 112 valence electrons. The van der Waals surface area contributed by atoms with E-state index < -0.39 is 0 Å². The first-order valence-corrected chi connectivity index (χ1v) is 8.18. The number of carbonyl (C=O) groups excluding carboxylic acids is 1. The van der Waals surface area contributed by atoms with E-state index in [0.29, 0.717) is 6.54 Å². The summed E-state index contributed by atoms with van der Waals surface area (Å²) in [6.07, 6.45) is 0. The van der Waals surface area contributed by atoms with E-state index in [1.54, 1.807) is 23.5 Å².